The highest BCUT2D eigenvalue weighted by Gasteiger charge is 2.19. The summed E-state index contributed by atoms with van der Waals surface area (Å²) in [5.74, 6) is 0.108. The van der Waals surface area contributed by atoms with Crippen molar-refractivity contribution in [3.63, 3.8) is 0 Å². The van der Waals surface area contributed by atoms with Gasteiger partial charge in [-0.2, -0.15) is 0 Å². The van der Waals surface area contributed by atoms with Crippen LogP contribution < -0.4 is 9.67 Å². The second-order valence-electron chi connectivity index (χ2n) is 6.86. The summed E-state index contributed by atoms with van der Waals surface area (Å²) in [6, 6.07) is 0. The van der Waals surface area contributed by atoms with E-state index in [-0.39, 0.29) is 6.54 Å². The Bertz CT molecular complexity index is 480. The first-order valence-electron chi connectivity index (χ1n) is 9.88. The predicted octanol–water partition coefficient (Wildman–Crippen LogP) is 3.32. The molecule has 1 aromatic rings. The number of hydrogen-bond donors (Lipinski definition) is 0. The van der Waals surface area contributed by atoms with E-state index in [0.717, 1.165) is 30.9 Å². The molecule has 0 fully saturated rings. The van der Waals surface area contributed by atoms with E-state index in [1.165, 1.54) is 57.8 Å². The summed E-state index contributed by atoms with van der Waals surface area (Å²) in [4.78, 5) is 10.9. The van der Waals surface area contributed by atoms with Crippen molar-refractivity contribution in [3.8, 4) is 0 Å². The van der Waals surface area contributed by atoms with Crippen LogP contribution in [-0.4, -0.2) is 10.5 Å². The number of carbonyl (C=O) groups excluding carboxylic acids is 1. The van der Waals surface area contributed by atoms with Gasteiger partial charge >= 0.3 is 0 Å². The van der Waals surface area contributed by atoms with Gasteiger partial charge in [-0.05, 0) is 13.3 Å². The van der Waals surface area contributed by atoms with Gasteiger partial charge in [-0.3, -0.25) is 0 Å². The third-order valence-corrected chi connectivity index (χ3v) is 4.78. The summed E-state index contributed by atoms with van der Waals surface area (Å²) in [5.41, 5.74) is 1.13. The van der Waals surface area contributed by atoms with E-state index < -0.39 is 5.97 Å². The number of aryl methyl sites for hydroxylation is 1. The Balaban J connectivity index is 2.28. The number of aliphatic carboxylic acids is 1. The molecule has 0 spiro atoms. The lowest BCUT2D eigenvalue weighted by molar-refractivity contribution is -0.697. The number of imidazole rings is 1. The van der Waals surface area contributed by atoms with Crippen molar-refractivity contribution < 1.29 is 14.5 Å². The predicted molar refractivity (Wildman–Crippen MR) is 95.6 cm³/mol. The van der Waals surface area contributed by atoms with Crippen molar-refractivity contribution in [2.75, 3.05) is 0 Å². The quantitative estimate of drug-likeness (QED) is 0.386. The average molecular weight is 337 g/mol. The Morgan fingerprint density at radius 2 is 1.54 bits per heavy atom. The second kappa shape index (κ2) is 12.1. The lowest BCUT2D eigenvalue weighted by Gasteiger charge is -2.06. The molecule has 0 aliphatic heterocycles. The molecule has 0 aliphatic rings. The minimum absolute atomic E-state index is 0.0407. The number of hydrogen-bond acceptors (Lipinski definition) is 2. The van der Waals surface area contributed by atoms with Gasteiger partial charge in [-0.1, -0.05) is 64.7 Å². The highest BCUT2D eigenvalue weighted by atomic mass is 16.4. The first kappa shape index (κ1) is 20.7. The standard InChI is InChI=1S/C20H36N2O2/c1-4-6-7-8-9-10-11-12-13-14-15-19-21(17-20(23)24)16-18(3)22(19)5-2/h16H,4-15,17H2,1-3H3. The molecular formula is C20H36N2O2. The SMILES string of the molecule is CCCCCCCCCCCCc1n(CC)c(C)c[n+]1CC(=O)[O-]. The molecule has 24 heavy (non-hydrogen) atoms. The van der Waals surface area contributed by atoms with Crippen LogP contribution in [0.25, 0.3) is 0 Å². The van der Waals surface area contributed by atoms with Gasteiger partial charge in [-0.15, -0.1) is 0 Å². The maximum absolute atomic E-state index is 10.9. The van der Waals surface area contributed by atoms with Crippen LogP contribution in [-0.2, 0) is 24.3 Å². The Morgan fingerprint density at radius 1 is 1.00 bits per heavy atom. The van der Waals surface area contributed by atoms with Crippen LogP contribution in [0, 0.1) is 6.92 Å². The zero-order valence-corrected chi connectivity index (χ0v) is 16.0. The third-order valence-electron chi connectivity index (χ3n) is 4.78. The van der Waals surface area contributed by atoms with E-state index in [2.05, 4.69) is 18.4 Å². The van der Waals surface area contributed by atoms with Crippen molar-refractivity contribution in [2.24, 2.45) is 0 Å². The molecule has 1 rings (SSSR count). The highest BCUT2D eigenvalue weighted by molar-refractivity contribution is 5.62. The van der Waals surface area contributed by atoms with Crippen LogP contribution in [0.15, 0.2) is 6.20 Å². The average Bonchev–Trinajstić information content (AvgIpc) is 2.83. The summed E-state index contributed by atoms with van der Waals surface area (Å²) in [7, 11) is 0. The minimum Gasteiger partial charge on any atom is -0.546 e. The molecule has 4 nitrogen and oxygen atoms in total. The van der Waals surface area contributed by atoms with Crippen LogP contribution in [0.5, 0.6) is 0 Å². The molecule has 1 heterocycles. The van der Waals surface area contributed by atoms with E-state index in [1.807, 2.05) is 17.7 Å². The minimum atomic E-state index is -1.02. The maximum atomic E-state index is 10.9. The Kier molecular flexibility index (Phi) is 10.4. The monoisotopic (exact) mass is 336 g/mol. The van der Waals surface area contributed by atoms with Gasteiger partial charge in [0.05, 0.1) is 12.5 Å². The number of nitrogens with zero attached hydrogens (tertiary/aromatic N) is 2. The van der Waals surface area contributed by atoms with Crippen LogP contribution in [0.3, 0.4) is 0 Å². The molecule has 4 heteroatoms. The fourth-order valence-corrected chi connectivity index (χ4v) is 3.49. The Morgan fingerprint density at radius 3 is 2.04 bits per heavy atom. The van der Waals surface area contributed by atoms with Gasteiger partial charge in [0.25, 0.3) is 5.82 Å². The summed E-state index contributed by atoms with van der Waals surface area (Å²) >= 11 is 0. The number of rotatable bonds is 14. The van der Waals surface area contributed by atoms with Crippen LogP contribution >= 0.6 is 0 Å². The van der Waals surface area contributed by atoms with Gasteiger partial charge in [0.1, 0.15) is 18.4 Å². The van der Waals surface area contributed by atoms with Crippen molar-refractivity contribution in [3.05, 3.63) is 17.7 Å². The molecule has 1 aromatic heterocycles. The molecule has 0 aromatic carbocycles. The fraction of sp³-hybridized carbons (Fsp3) is 0.800. The molecule has 0 bridgehead atoms. The number of unbranched alkanes of at least 4 members (excludes halogenated alkanes) is 9. The summed E-state index contributed by atoms with van der Waals surface area (Å²) in [6.45, 7) is 7.25. The van der Waals surface area contributed by atoms with E-state index in [0.29, 0.717) is 0 Å². The normalized spacial score (nSPS) is 11.1. The number of aromatic nitrogens is 2. The zero-order chi connectivity index (χ0) is 17.8. The van der Waals surface area contributed by atoms with Gasteiger partial charge in [-0.25, -0.2) is 9.13 Å². The lowest BCUT2D eigenvalue weighted by atomic mass is 10.1. The smallest absolute Gasteiger partial charge is 0.256 e. The Labute approximate surface area is 147 Å². The Hall–Kier alpha value is -1.32. The first-order valence-corrected chi connectivity index (χ1v) is 9.88. The summed E-state index contributed by atoms with van der Waals surface area (Å²) < 4.78 is 4.07. The van der Waals surface area contributed by atoms with E-state index in [4.69, 9.17) is 0 Å². The summed E-state index contributed by atoms with van der Waals surface area (Å²) in [5, 5.41) is 10.9. The molecule has 0 amide bonds. The van der Waals surface area contributed by atoms with Crippen LogP contribution in [0.2, 0.25) is 0 Å². The van der Waals surface area contributed by atoms with E-state index in [1.54, 1.807) is 0 Å². The highest BCUT2D eigenvalue weighted by Crippen LogP contribution is 2.12. The van der Waals surface area contributed by atoms with E-state index in [9.17, 15) is 9.90 Å². The molecule has 0 saturated carbocycles. The molecule has 0 radical (unpaired) electrons. The summed E-state index contributed by atoms with van der Waals surface area (Å²) in [6.07, 6.45) is 16.1. The van der Waals surface area contributed by atoms with Crippen LogP contribution in [0.1, 0.15) is 89.6 Å². The molecule has 0 N–H and O–H groups in total. The first-order chi connectivity index (χ1) is 11.6. The van der Waals surface area contributed by atoms with Crippen LogP contribution in [0.4, 0.5) is 0 Å². The van der Waals surface area contributed by atoms with Gasteiger partial charge < -0.3 is 9.90 Å². The largest absolute Gasteiger partial charge is 0.546 e. The van der Waals surface area contributed by atoms with Crippen molar-refractivity contribution in [1.82, 2.24) is 4.57 Å². The third kappa shape index (κ3) is 7.50. The van der Waals surface area contributed by atoms with Crippen molar-refractivity contribution in [1.29, 1.82) is 0 Å². The van der Waals surface area contributed by atoms with Gasteiger partial charge in [0, 0.05) is 13.3 Å². The second-order valence-corrected chi connectivity index (χ2v) is 6.86. The fourth-order valence-electron chi connectivity index (χ4n) is 3.49. The van der Waals surface area contributed by atoms with Gasteiger partial charge in [0.15, 0.2) is 0 Å². The maximum Gasteiger partial charge on any atom is 0.256 e. The topological polar surface area (TPSA) is 48.9 Å². The van der Waals surface area contributed by atoms with E-state index >= 15 is 0 Å². The molecule has 0 saturated heterocycles. The molecule has 0 unspecified atom stereocenters. The molecule has 0 atom stereocenters. The van der Waals surface area contributed by atoms with Crippen molar-refractivity contribution in [2.45, 2.75) is 104 Å². The molecule has 0 aliphatic carbocycles. The number of carboxylic acids is 1. The molecular weight excluding hydrogens is 300 g/mol. The zero-order valence-electron chi connectivity index (χ0n) is 16.0. The van der Waals surface area contributed by atoms with Gasteiger partial charge in [0.2, 0.25) is 0 Å². The number of carbonyl (C=O) groups is 1. The number of carboxylic acid groups (broad SMARTS) is 1. The lowest BCUT2D eigenvalue weighted by Crippen LogP contribution is -2.45. The van der Waals surface area contributed by atoms with Crippen molar-refractivity contribution >= 4 is 5.97 Å². The molecule has 138 valence electrons.